The van der Waals surface area contributed by atoms with Gasteiger partial charge in [0.25, 0.3) is 23.6 Å². The Kier molecular flexibility index (Phi) is 14.8. The normalized spacial score (nSPS) is 14.4. The summed E-state index contributed by atoms with van der Waals surface area (Å²) in [6.07, 6.45) is 19.2. The number of hydrogen-bond acceptors (Lipinski definition) is 4. The van der Waals surface area contributed by atoms with Gasteiger partial charge in [-0.05, 0) is 0 Å². The summed E-state index contributed by atoms with van der Waals surface area (Å²) in [5.74, 6) is -1.31. The summed E-state index contributed by atoms with van der Waals surface area (Å²) in [6, 6.07) is 0. The topological polar surface area (TPSA) is 92.3 Å². The van der Waals surface area contributed by atoms with E-state index in [0.717, 1.165) is 0 Å². The zero-order valence-electron chi connectivity index (χ0n) is 16.0. The lowest BCUT2D eigenvalue weighted by molar-refractivity contribution is -0.125. The van der Waals surface area contributed by atoms with Gasteiger partial charge < -0.3 is 0 Å². The number of amides is 4. The molecule has 2 rings (SSSR count). The van der Waals surface area contributed by atoms with Crippen LogP contribution in [0.4, 0.5) is 0 Å². The van der Waals surface area contributed by atoms with Crippen LogP contribution in [0, 0.1) is 0 Å². The first-order valence-electron chi connectivity index (χ1n) is 9.55. The second kappa shape index (κ2) is 16.2. The second-order valence-electron chi connectivity index (χ2n) is 6.20. The first-order chi connectivity index (χ1) is 12.5. The van der Waals surface area contributed by atoms with Gasteiger partial charge in [-0.15, -0.1) is 0 Å². The van der Waals surface area contributed by atoms with E-state index < -0.39 is 0 Å². The highest BCUT2D eigenvalue weighted by Crippen LogP contribution is 2.09. The molecule has 0 unspecified atom stereocenters. The molecular formula is C20H32N2O4. The van der Waals surface area contributed by atoms with Crippen LogP contribution in [0.25, 0.3) is 0 Å². The number of carbonyl (C=O) groups is 4. The van der Waals surface area contributed by atoms with Gasteiger partial charge in [0.15, 0.2) is 0 Å². The van der Waals surface area contributed by atoms with E-state index in [2.05, 4.69) is 13.8 Å². The third-order valence-corrected chi connectivity index (χ3v) is 3.72. The Hall–Kier alpha value is -2.24. The molecule has 4 amide bonds. The quantitative estimate of drug-likeness (QED) is 0.485. The van der Waals surface area contributed by atoms with Crippen molar-refractivity contribution in [1.82, 2.24) is 10.6 Å². The number of carbonyl (C=O) groups excluding carboxylic acids is 4. The molecule has 0 aromatic heterocycles. The fourth-order valence-electron chi connectivity index (χ4n) is 2.27. The SMILES string of the molecule is CCCCCCCCCCCC.O=C1C=CC(=O)N1.O=C1C=CC(=O)N1. The first kappa shape index (κ1) is 23.8. The smallest absolute Gasteiger partial charge is 0.250 e. The lowest BCUT2D eigenvalue weighted by Crippen LogP contribution is -2.19. The molecule has 0 atom stereocenters. The third kappa shape index (κ3) is 15.3. The van der Waals surface area contributed by atoms with Crippen LogP contribution in [0.1, 0.15) is 78.1 Å². The van der Waals surface area contributed by atoms with E-state index >= 15 is 0 Å². The molecule has 0 aromatic carbocycles. The minimum Gasteiger partial charge on any atom is -0.289 e. The van der Waals surface area contributed by atoms with Crippen molar-refractivity contribution in [3.8, 4) is 0 Å². The molecule has 6 heteroatoms. The molecule has 2 N–H and O–H groups in total. The van der Waals surface area contributed by atoms with E-state index in [9.17, 15) is 19.2 Å². The Balaban J connectivity index is 0.000000381. The van der Waals surface area contributed by atoms with Gasteiger partial charge in [-0.2, -0.15) is 0 Å². The van der Waals surface area contributed by atoms with Crippen LogP contribution in [-0.2, 0) is 19.2 Å². The molecule has 6 nitrogen and oxygen atoms in total. The van der Waals surface area contributed by atoms with Crippen molar-refractivity contribution in [2.75, 3.05) is 0 Å². The van der Waals surface area contributed by atoms with Crippen molar-refractivity contribution in [1.29, 1.82) is 0 Å². The first-order valence-corrected chi connectivity index (χ1v) is 9.55. The highest BCUT2D eigenvalue weighted by Gasteiger charge is 2.07. The number of nitrogens with one attached hydrogen (secondary N) is 2. The monoisotopic (exact) mass is 364 g/mol. The maximum Gasteiger partial charge on any atom is 0.250 e. The van der Waals surface area contributed by atoms with E-state index in [-0.39, 0.29) is 23.6 Å². The van der Waals surface area contributed by atoms with Gasteiger partial charge in [0.1, 0.15) is 0 Å². The molecule has 0 saturated carbocycles. The van der Waals surface area contributed by atoms with Crippen molar-refractivity contribution >= 4 is 23.6 Å². The lowest BCUT2D eigenvalue weighted by atomic mass is 10.1. The maximum absolute atomic E-state index is 10.0. The zero-order chi connectivity index (χ0) is 19.6. The van der Waals surface area contributed by atoms with Gasteiger partial charge in [-0.3, -0.25) is 29.8 Å². The summed E-state index contributed by atoms with van der Waals surface area (Å²) >= 11 is 0. The predicted octanol–water partition coefficient (Wildman–Crippen LogP) is 3.33. The zero-order valence-corrected chi connectivity index (χ0v) is 16.0. The molecule has 0 spiro atoms. The highest BCUT2D eigenvalue weighted by atomic mass is 16.2. The molecule has 0 saturated heterocycles. The Morgan fingerprint density at radius 2 is 0.731 bits per heavy atom. The van der Waals surface area contributed by atoms with Crippen LogP contribution in [0.3, 0.4) is 0 Å². The van der Waals surface area contributed by atoms with Gasteiger partial charge in [-0.25, -0.2) is 0 Å². The average molecular weight is 364 g/mol. The van der Waals surface area contributed by atoms with Crippen molar-refractivity contribution in [2.45, 2.75) is 78.1 Å². The maximum atomic E-state index is 10.0. The van der Waals surface area contributed by atoms with Crippen LogP contribution in [0.2, 0.25) is 0 Å². The number of unbranched alkanes of at least 4 members (excludes halogenated alkanes) is 9. The third-order valence-electron chi connectivity index (χ3n) is 3.72. The summed E-state index contributed by atoms with van der Waals surface area (Å²) in [4.78, 5) is 40.1. The van der Waals surface area contributed by atoms with Crippen LogP contribution in [0.5, 0.6) is 0 Å². The van der Waals surface area contributed by atoms with Crippen LogP contribution >= 0.6 is 0 Å². The molecule has 26 heavy (non-hydrogen) atoms. The minimum absolute atomic E-state index is 0.329. The van der Waals surface area contributed by atoms with Gasteiger partial charge in [0.2, 0.25) is 0 Å². The number of hydrogen-bond donors (Lipinski definition) is 2. The molecule has 2 aliphatic rings. The Labute approximate surface area is 156 Å². The Morgan fingerprint density at radius 1 is 0.500 bits per heavy atom. The van der Waals surface area contributed by atoms with Gasteiger partial charge in [0, 0.05) is 24.3 Å². The van der Waals surface area contributed by atoms with Gasteiger partial charge in [0.05, 0.1) is 0 Å². The molecule has 0 radical (unpaired) electrons. The molecule has 0 aromatic rings. The highest BCUT2D eigenvalue weighted by molar-refractivity contribution is 6.13. The Morgan fingerprint density at radius 3 is 0.885 bits per heavy atom. The van der Waals surface area contributed by atoms with Gasteiger partial charge >= 0.3 is 0 Å². The average Bonchev–Trinajstić information content (AvgIpc) is 3.18. The lowest BCUT2D eigenvalue weighted by Gasteiger charge is -1.99. The summed E-state index contributed by atoms with van der Waals surface area (Å²) in [7, 11) is 0. The fourth-order valence-corrected chi connectivity index (χ4v) is 2.27. The molecule has 2 aliphatic heterocycles. The number of imide groups is 2. The predicted molar refractivity (Wildman–Crippen MR) is 102 cm³/mol. The molecule has 2 heterocycles. The molecule has 0 bridgehead atoms. The summed E-state index contributed by atoms with van der Waals surface area (Å²) < 4.78 is 0. The van der Waals surface area contributed by atoms with E-state index in [1.54, 1.807) is 0 Å². The Bertz CT molecular complexity index is 432. The van der Waals surface area contributed by atoms with E-state index in [0.29, 0.717) is 0 Å². The van der Waals surface area contributed by atoms with Crippen molar-refractivity contribution in [2.24, 2.45) is 0 Å². The van der Waals surface area contributed by atoms with Crippen LogP contribution in [-0.4, -0.2) is 23.6 Å². The van der Waals surface area contributed by atoms with E-state index in [1.165, 1.54) is 88.5 Å². The van der Waals surface area contributed by atoms with Gasteiger partial charge in [-0.1, -0.05) is 78.1 Å². The summed E-state index contributed by atoms with van der Waals surface area (Å²) in [6.45, 7) is 4.56. The molecular weight excluding hydrogens is 332 g/mol. The second-order valence-corrected chi connectivity index (χ2v) is 6.20. The fraction of sp³-hybridized carbons (Fsp3) is 0.600. The van der Waals surface area contributed by atoms with Crippen molar-refractivity contribution < 1.29 is 19.2 Å². The van der Waals surface area contributed by atoms with Crippen molar-refractivity contribution in [3.63, 3.8) is 0 Å². The summed E-state index contributed by atoms with van der Waals surface area (Å²) in [5.41, 5.74) is 0. The molecule has 146 valence electrons. The van der Waals surface area contributed by atoms with Crippen molar-refractivity contribution in [3.05, 3.63) is 24.3 Å². The minimum atomic E-state index is -0.329. The molecule has 0 fully saturated rings. The molecule has 0 aliphatic carbocycles. The van der Waals surface area contributed by atoms with E-state index in [1.807, 2.05) is 10.6 Å². The summed E-state index contributed by atoms with van der Waals surface area (Å²) in [5, 5.41) is 4.06. The van der Waals surface area contributed by atoms with Crippen LogP contribution in [0.15, 0.2) is 24.3 Å². The van der Waals surface area contributed by atoms with Crippen LogP contribution < -0.4 is 10.6 Å². The number of rotatable bonds is 9. The van der Waals surface area contributed by atoms with E-state index in [4.69, 9.17) is 0 Å². The standard InChI is InChI=1S/C12H26.2C4H3NO2/c1-3-5-7-9-11-12-10-8-6-4-2;2*6-3-1-2-4(7)5-3/h3-12H2,1-2H3;2*1-2H,(H,5,6,7). The largest absolute Gasteiger partial charge is 0.289 e.